The van der Waals surface area contributed by atoms with Crippen LogP contribution in [0.4, 0.5) is 0 Å². The number of rotatable bonds is 4. The summed E-state index contributed by atoms with van der Waals surface area (Å²) in [6, 6.07) is 1.10. The zero-order valence-electron chi connectivity index (χ0n) is 12.9. The van der Waals surface area contributed by atoms with Crippen molar-refractivity contribution >= 4 is 9.84 Å². The summed E-state index contributed by atoms with van der Waals surface area (Å²) in [4.78, 5) is 2.37. The minimum absolute atomic E-state index is 0.101. The van der Waals surface area contributed by atoms with Gasteiger partial charge in [0.1, 0.15) is 0 Å². The molecule has 0 aromatic rings. The van der Waals surface area contributed by atoms with Gasteiger partial charge in [0, 0.05) is 30.2 Å². The van der Waals surface area contributed by atoms with E-state index in [0.29, 0.717) is 18.6 Å². The van der Waals surface area contributed by atoms with Gasteiger partial charge in [-0.1, -0.05) is 0 Å². The van der Waals surface area contributed by atoms with E-state index in [1.165, 1.54) is 12.8 Å². The van der Waals surface area contributed by atoms with Gasteiger partial charge in [-0.3, -0.25) is 4.90 Å². The van der Waals surface area contributed by atoms with Crippen LogP contribution in [0.25, 0.3) is 0 Å². The normalized spacial score (nSPS) is 41.0. The van der Waals surface area contributed by atoms with E-state index in [2.05, 4.69) is 10.2 Å². The second-order valence-electron chi connectivity index (χ2n) is 7.31. The molecule has 6 heteroatoms. The number of nitrogens with one attached hydrogen (secondary N) is 1. The van der Waals surface area contributed by atoms with Gasteiger partial charge in [-0.25, -0.2) is 8.42 Å². The molecule has 3 atom stereocenters. The summed E-state index contributed by atoms with van der Waals surface area (Å²) in [5, 5.41) is 13.6. The fourth-order valence-corrected chi connectivity index (χ4v) is 5.73. The first-order chi connectivity index (χ1) is 9.93. The molecule has 1 saturated heterocycles. The van der Waals surface area contributed by atoms with Crippen molar-refractivity contribution in [3.8, 4) is 0 Å². The van der Waals surface area contributed by atoms with Crippen molar-refractivity contribution in [2.75, 3.05) is 24.7 Å². The first-order valence-electron chi connectivity index (χ1n) is 8.28. The Morgan fingerprint density at radius 2 is 2.10 bits per heavy atom. The molecule has 3 aliphatic rings. The Labute approximate surface area is 128 Å². The third-order valence-electron chi connectivity index (χ3n) is 5.40. The van der Waals surface area contributed by atoms with Crippen molar-refractivity contribution in [3.05, 3.63) is 0 Å². The SMILES string of the molecule is CC1CS(=O)(=O)CCN1C1CCCC(CO)(NC2CC2)C1. The van der Waals surface area contributed by atoms with Gasteiger partial charge >= 0.3 is 0 Å². The lowest BCUT2D eigenvalue weighted by Gasteiger charge is -2.47. The third-order valence-corrected chi connectivity index (χ3v) is 7.20. The Hall–Kier alpha value is -0.170. The summed E-state index contributed by atoms with van der Waals surface area (Å²) >= 11 is 0. The lowest BCUT2D eigenvalue weighted by molar-refractivity contribution is 0.0458. The molecule has 0 spiro atoms. The fraction of sp³-hybridized carbons (Fsp3) is 1.00. The minimum atomic E-state index is -2.85. The summed E-state index contributed by atoms with van der Waals surface area (Å²) < 4.78 is 23.5. The van der Waals surface area contributed by atoms with Crippen LogP contribution in [-0.4, -0.2) is 66.7 Å². The molecule has 2 saturated carbocycles. The number of aliphatic hydroxyl groups is 1. The van der Waals surface area contributed by atoms with Crippen LogP contribution in [-0.2, 0) is 9.84 Å². The maximum Gasteiger partial charge on any atom is 0.153 e. The van der Waals surface area contributed by atoms with E-state index >= 15 is 0 Å². The highest BCUT2D eigenvalue weighted by Gasteiger charge is 2.43. The highest BCUT2D eigenvalue weighted by atomic mass is 32.2. The van der Waals surface area contributed by atoms with Crippen LogP contribution in [0.1, 0.15) is 45.4 Å². The molecule has 1 aliphatic heterocycles. The largest absolute Gasteiger partial charge is 0.394 e. The number of sulfone groups is 1. The van der Waals surface area contributed by atoms with E-state index in [4.69, 9.17) is 0 Å². The molecule has 0 amide bonds. The highest BCUT2D eigenvalue weighted by molar-refractivity contribution is 7.91. The zero-order valence-corrected chi connectivity index (χ0v) is 13.7. The summed E-state index contributed by atoms with van der Waals surface area (Å²) in [7, 11) is -2.85. The predicted molar refractivity (Wildman–Crippen MR) is 83.1 cm³/mol. The fourth-order valence-electron chi connectivity index (χ4n) is 4.15. The van der Waals surface area contributed by atoms with Crippen molar-refractivity contribution < 1.29 is 13.5 Å². The summed E-state index contributed by atoms with van der Waals surface area (Å²) in [5.41, 5.74) is -0.139. The van der Waals surface area contributed by atoms with Crippen LogP contribution in [0.3, 0.4) is 0 Å². The van der Waals surface area contributed by atoms with Crippen molar-refractivity contribution in [2.45, 2.75) is 69.1 Å². The molecule has 2 N–H and O–H groups in total. The Morgan fingerprint density at radius 1 is 1.33 bits per heavy atom. The standard InChI is InChI=1S/C15H28N2O3S/c1-12-10-21(19,20)8-7-17(12)14-3-2-6-15(9-14,11-18)16-13-4-5-13/h12-14,16,18H,2-11H2,1H3. The lowest BCUT2D eigenvalue weighted by Crippen LogP contribution is -2.59. The molecule has 3 unspecified atom stereocenters. The molecule has 5 nitrogen and oxygen atoms in total. The molecular weight excluding hydrogens is 288 g/mol. The maximum atomic E-state index is 11.7. The zero-order chi connectivity index (χ0) is 15.1. The molecule has 122 valence electrons. The summed E-state index contributed by atoms with van der Waals surface area (Å²) in [6.07, 6.45) is 6.68. The second kappa shape index (κ2) is 5.80. The number of nitrogens with zero attached hydrogens (tertiary/aromatic N) is 1. The average Bonchev–Trinajstić information content (AvgIpc) is 3.22. The summed E-state index contributed by atoms with van der Waals surface area (Å²) in [5.74, 6) is 0.571. The van der Waals surface area contributed by atoms with E-state index in [1.54, 1.807) is 0 Å². The topological polar surface area (TPSA) is 69.6 Å². The Morgan fingerprint density at radius 3 is 2.71 bits per heavy atom. The molecule has 3 fully saturated rings. The molecule has 0 aromatic carbocycles. The van der Waals surface area contributed by atoms with E-state index in [0.717, 1.165) is 25.7 Å². The molecule has 1 heterocycles. The lowest BCUT2D eigenvalue weighted by atomic mass is 9.78. The van der Waals surface area contributed by atoms with Crippen LogP contribution in [0.15, 0.2) is 0 Å². The number of hydrogen-bond donors (Lipinski definition) is 2. The quantitative estimate of drug-likeness (QED) is 0.792. The van der Waals surface area contributed by atoms with Gasteiger partial charge in [0.15, 0.2) is 9.84 Å². The van der Waals surface area contributed by atoms with Crippen LogP contribution >= 0.6 is 0 Å². The monoisotopic (exact) mass is 316 g/mol. The van der Waals surface area contributed by atoms with Gasteiger partial charge in [-0.15, -0.1) is 0 Å². The predicted octanol–water partition coefficient (Wildman–Crippen LogP) is 0.531. The van der Waals surface area contributed by atoms with Crippen molar-refractivity contribution in [3.63, 3.8) is 0 Å². The molecular formula is C15H28N2O3S. The van der Waals surface area contributed by atoms with E-state index in [9.17, 15) is 13.5 Å². The molecule has 0 radical (unpaired) electrons. The number of aliphatic hydroxyl groups excluding tert-OH is 1. The molecule has 3 rings (SSSR count). The van der Waals surface area contributed by atoms with E-state index < -0.39 is 9.84 Å². The van der Waals surface area contributed by atoms with Gasteiger partial charge in [0.2, 0.25) is 0 Å². The van der Waals surface area contributed by atoms with Gasteiger partial charge in [0.25, 0.3) is 0 Å². The first kappa shape index (κ1) is 15.7. The third kappa shape index (κ3) is 3.60. The van der Waals surface area contributed by atoms with Crippen molar-refractivity contribution in [1.29, 1.82) is 0 Å². The Bertz CT molecular complexity index is 477. The van der Waals surface area contributed by atoms with Crippen molar-refractivity contribution in [2.24, 2.45) is 0 Å². The molecule has 2 aliphatic carbocycles. The van der Waals surface area contributed by atoms with E-state index in [1.807, 2.05) is 6.92 Å². The van der Waals surface area contributed by atoms with E-state index in [-0.39, 0.29) is 29.7 Å². The van der Waals surface area contributed by atoms with Crippen LogP contribution in [0, 0.1) is 0 Å². The Balaban J connectivity index is 1.67. The second-order valence-corrected chi connectivity index (χ2v) is 9.54. The van der Waals surface area contributed by atoms with Gasteiger partial charge in [-0.05, 0) is 45.4 Å². The van der Waals surface area contributed by atoms with Crippen molar-refractivity contribution in [1.82, 2.24) is 10.2 Å². The van der Waals surface area contributed by atoms with Crippen LogP contribution < -0.4 is 5.32 Å². The highest BCUT2D eigenvalue weighted by Crippen LogP contribution is 2.35. The molecule has 0 bridgehead atoms. The minimum Gasteiger partial charge on any atom is -0.394 e. The van der Waals surface area contributed by atoms with Crippen LogP contribution in [0.2, 0.25) is 0 Å². The van der Waals surface area contributed by atoms with Gasteiger partial charge in [0.05, 0.1) is 18.1 Å². The summed E-state index contributed by atoms with van der Waals surface area (Å²) in [6.45, 7) is 2.87. The molecule has 21 heavy (non-hydrogen) atoms. The van der Waals surface area contributed by atoms with Gasteiger partial charge in [-0.2, -0.15) is 0 Å². The smallest absolute Gasteiger partial charge is 0.153 e. The Kier molecular flexibility index (Phi) is 4.34. The maximum absolute atomic E-state index is 11.7. The average molecular weight is 316 g/mol. The number of hydrogen-bond acceptors (Lipinski definition) is 5. The van der Waals surface area contributed by atoms with Gasteiger partial charge < -0.3 is 10.4 Å². The molecule has 0 aromatic heterocycles. The first-order valence-corrected chi connectivity index (χ1v) is 10.1. The van der Waals surface area contributed by atoms with Crippen LogP contribution in [0.5, 0.6) is 0 Å².